The van der Waals surface area contributed by atoms with E-state index in [1.54, 1.807) is 24.5 Å². The van der Waals surface area contributed by atoms with Gasteiger partial charge in [-0.2, -0.15) is 0 Å². The molecule has 0 radical (unpaired) electrons. The van der Waals surface area contributed by atoms with Gasteiger partial charge in [-0.1, -0.05) is 36.8 Å². The number of urea groups is 1. The summed E-state index contributed by atoms with van der Waals surface area (Å²) in [4.78, 5) is 16.5. The number of carbonyl (C=O) groups is 1. The molecule has 9 heteroatoms. The van der Waals surface area contributed by atoms with E-state index in [0.29, 0.717) is 6.42 Å². The number of aromatic nitrogens is 2. The Bertz CT molecular complexity index is 1430. The topological polar surface area (TPSA) is 113 Å². The summed E-state index contributed by atoms with van der Waals surface area (Å²) in [5.41, 5.74) is 5.33. The fraction of sp³-hybridized carbons (Fsp3) is 0.200. The lowest BCUT2D eigenvalue weighted by molar-refractivity contribution is 0.246. The lowest BCUT2D eigenvalue weighted by Gasteiger charge is -2.10. The molecule has 8 nitrogen and oxygen atoms in total. The van der Waals surface area contributed by atoms with Crippen molar-refractivity contribution < 1.29 is 18.3 Å². The molecule has 0 saturated heterocycles. The first kappa shape index (κ1) is 23.3. The van der Waals surface area contributed by atoms with Crippen molar-refractivity contribution in [3.63, 3.8) is 0 Å². The molecule has 0 unspecified atom stereocenters. The highest BCUT2D eigenvalue weighted by Crippen LogP contribution is 2.26. The van der Waals surface area contributed by atoms with Gasteiger partial charge in [0.15, 0.2) is 0 Å². The smallest absolute Gasteiger partial charge is 0.328 e. The lowest BCUT2D eigenvalue weighted by Crippen LogP contribution is -2.40. The molecule has 0 saturated carbocycles. The van der Waals surface area contributed by atoms with Gasteiger partial charge in [0, 0.05) is 18.3 Å². The van der Waals surface area contributed by atoms with Crippen molar-refractivity contribution >= 4 is 27.1 Å². The number of rotatable bonds is 7. The van der Waals surface area contributed by atoms with Crippen LogP contribution in [0.25, 0.3) is 16.7 Å². The minimum atomic E-state index is -3.91. The Balaban J connectivity index is 1.36. The van der Waals surface area contributed by atoms with Crippen molar-refractivity contribution in [2.45, 2.75) is 31.6 Å². The molecule has 4 rings (SSSR count). The van der Waals surface area contributed by atoms with Gasteiger partial charge in [-0.05, 0) is 61.2 Å². The number of hydrogen-bond acceptors (Lipinski definition) is 5. The van der Waals surface area contributed by atoms with Crippen LogP contribution in [0.3, 0.4) is 0 Å². The number of fused-ring (bicyclic) bond motifs is 1. The minimum Gasteiger partial charge on any atom is -0.508 e. The monoisotopic (exact) mass is 478 g/mol. The van der Waals surface area contributed by atoms with Gasteiger partial charge in [0.2, 0.25) is 0 Å². The van der Waals surface area contributed by atoms with Gasteiger partial charge in [0.1, 0.15) is 12.1 Å². The maximum absolute atomic E-state index is 12.3. The molecule has 0 aliphatic carbocycles. The normalized spacial score (nSPS) is 11.5. The Hall–Kier alpha value is -3.85. The van der Waals surface area contributed by atoms with Gasteiger partial charge in [0.25, 0.3) is 10.0 Å². The van der Waals surface area contributed by atoms with Crippen molar-refractivity contribution in [2.24, 2.45) is 0 Å². The van der Waals surface area contributed by atoms with Crippen LogP contribution < -0.4 is 10.0 Å². The van der Waals surface area contributed by atoms with Crippen LogP contribution in [0, 0.1) is 6.92 Å². The number of aryl methyl sites for hydroxylation is 2. The van der Waals surface area contributed by atoms with Crippen molar-refractivity contribution in [1.82, 2.24) is 19.6 Å². The fourth-order valence-electron chi connectivity index (χ4n) is 3.65. The van der Waals surface area contributed by atoms with Crippen LogP contribution >= 0.6 is 0 Å². The van der Waals surface area contributed by atoms with Crippen LogP contribution in [-0.2, 0) is 22.9 Å². The molecule has 176 valence electrons. The number of benzene rings is 3. The average Bonchev–Trinajstić information content (AvgIpc) is 3.21. The van der Waals surface area contributed by atoms with E-state index in [2.05, 4.69) is 10.3 Å². The summed E-state index contributed by atoms with van der Waals surface area (Å²) in [6, 6.07) is 16.9. The number of aromatic hydroxyl groups is 1. The zero-order chi connectivity index (χ0) is 24.3. The number of sulfonamides is 1. The second-order valence-corrected chi connectivity index (χ2v) is 9.71. The standard InChI is InChI=1S/C25H26N4O4S/c1-3-19-14-23-22(15-24(19)30)27-16-29(23)20-8-6-18(7-9-20)12-13-26-25(31)28-34(32,33)21-10-4-17(2)5-11-21/h4-11,14-16,30H,3,12-13H2,1-2H3,(H2,26,28,31). The predicted octanol–water partition coefficient (Wildman–Crippen LogP) is 3.83. The number of nitrogens with one attached hydrogen (secondary N) is 2. The Morgan fingerprint density at radius 2 is 1.76 bits per heavy atom. The molecule has 0 spiro atoms. The van der Waals surface area contributed by atoms with Crippen molar-refractivity contribution in [3.05, 3.63) is 83.7 Å². The van der Waals surface area contributed by atoms with Crippen LogP contribution in [0.15, 0.2) is 71.9 Å². The summed E-state index contributed by atoms with van der Waals surface area (Å²) in [6.45, 7) is 4.12. The Morgan fingerprint density at radius 3 is 2.44 bits per heavy atom. The maximum Gasteiger partial charge on any atom is 0.328 e. The molecule has 0 aliphatic heterocycles. The second kappa shape index (κ2) is 9.56. The van der Waals surface area contributed by atoms with E-state index < -0.39 is 16.1 Å². The molecule has 3 N–H and O–H groups in total. The largest absolute Gasteiger partial charge is 0.508 e. The van der Waals surface area contributed by atoms with Gasteiger partial charge in [-0.25, -0.2) is 22.9 Å². The second-order valence-electron chi connectivity index (χ2n) is 8.03. The van der Waals surface area contributed by atoms with Crippen LogP contribution in [0.5, 0.6) is 5.75 Å². The van der Waals surface area contributed by atoms with Crippen molar-refractivity contribution in [2.75, 3.05) is 6.54 Å². The molecular formula is C25H26N4O4S. The van der Waals surface area contributed by atoms with Crippen molar-refractivity contribution in [3.8, 4) is 11.4 Å². The summed E-state index contributed by atoms with van der Waals surface area (Å²) in [6.07, 6.45) is 2.98. The molecule has 0 aliphatic rings. The van der Waals surface area contributed by atoms with Crippen LogP contribution in [0.4, 0.5) is 4.79 Å². The molecule has 3 aromatic carbocycles. The molecule has 0 atom stereocenters. The summed E-state index contributed by atoms with van der Waals surface area (Å²) >= 11 is 0. The van der Waals surface area contributed by atoms with E-state index in [1.165, 1.54) is 12.1 Å². The van der Waals surface area contributed by atoms with E-state index in [4.69, 9.17) is 0 Å². The first-order valence-corrected chi connectivity index (χ1v) is 12.4. The van der Waals surface area contributed by atoms with Crippen LogP contribution in [0.1, 0.15) is 23.6 Å². The number of nitrogens with zero attached hydrogens (tertiary/aromatic N) is 2. The van der Waals surface area contributed by atoms with E-state index >= 15 is 0 Å². The number of amides is 2. The highest BCUT2D eigenvalue weighted by molar-refractivity contribution is 7.90. The Labute approximate surface area is 198 Å². The molecule has 1 aromatic heterocycles. The van der Waals surface area contributed by atoms with Gasteiger partial charge in [-0.15, -0.1) is 0 Å². The van der Waals surface area contributed by atoms with Crippen molar-refractivity contribution in [1.29, 1.82) is 0 Å². The number of imidazole rings is 1. The quantitative estimate of drug-likeness (QED) is 0.374. The number of phenolic OH excluding ortho intramolecular Hbond substituents is 1. The Morgan fingerprint density at radius 1 is 1.06 bits per heavy atom. The molecule has 34 heavy (non-hydrogen) atoms. The van der Waals surface area contributed by atoms with Crippen LogP contribution in [-0.4, -0.2) is 35.7 Å². The number of phenols is 1. The third kappa shape index (κ3) is 5.04. The highest BCUT2D eigenvalue weighted by Gasteiger charge is 2.17. The first-order chi connectivity index (χ1) is 16.3. The molecule has 1 heterocycles. The third-order valence-corrected chi connectivity index (χ3v) is 6.95. The maximum atomic E-state index is 12.3. The summed E-state index contributed by atoms with van der Waals surface area (Å²) in [5, 5.41) is 12.6. The van der Waals surface area contributed by atoms with Crippen LogP contribution in [0.2, 0.25) is 0 Å². The zero-order valence-electron chi connectivity index (χ0n) is 18.9. The fourth-order valence-corrected chi connectivity index (χ4v) is 4.58. The van der Waals surface area contributed by atoms with Gasteiger partial charge in [-0.3, -0.25) is 4.57 Å². The summed E-state index contributed by atoms with van der Waals surface area (Å²) in [5.74, 6) is 0.249. The van der Waals surface area contributed by atoms with E-state index in [9.17, 15) is 18.3 Å². The molecule has 2 amide bonds. The first-order valence-electron chi connectivity index (χ1n) is 10.9. The minimum absolute atomic E-state index is 0.0390. The molecule has 0 fully saturated rings. The van der Waals surface area contributed by atoms with E-state index in [0.717, 1.165) is 39.8 Å². The number of carbonyl (C=O) groups excluding carboxylic acids is 1. The molecule has 0 bridgehead atoms. The molecule has 4 aromatic rings. The van der Waals surface area contributed by atoms with Gasteiger partial charge in [0.05, 0.1) is 15.9 Å². The Kier molecular flexibility index (Phi) is 6.56. The predicted molar refractivity (Wildman–Crippen MR) is 131 cm³/mol. The zero-order valence-corrected chi connectivity index (χ0v) is 19.8. The lowest BCUT2D eigenvalue weighted by atomic mass is 10.1. The van der Waals surface area contributed by atoms with E-state index in [-0.39, 0.29) is 17.2 Å². The summed E-state index contributed by atoms with van der Waals surface area (Å²) in [7, 11) is -3.91. The average molecular weight is 479 g/mol. The van der Waals surface area contributed by atoms with Gasteiger partial charge >= 0.3 is 6.03 Å². The SMILES string of the molecule is CCc1cc2c(cc1O)ncn2-c1ccc(CCNC(=O)NS(=O)(=O)c2ccc(C)cc2)cc1. The number of hydrogen-bond donors (Lipinski definition) is 3. The summed E-state index contributed by atoms with van der Waals surface area (Å²) < 4.78 is 28.6. The van der Waals surface area contributed by atoms with E-state index in [1.807, 2.05) is 53.5 Å². The highest BCUT2D eigenvalue weighted by atomic mass is 32.2. The van der Waals surface area contributed by atoms with Gasteiger partial charge < -0.3 is 10.4 Å². The third-order valence-electron chi connectivity index (χ3n) is 5.60. The molecular weight excluding hydrogens is 452 g/mol.